The molecule has 0 unspecified atom stereocenters. The number of halogens is 3. The second-order valence-electron chi connectivity index (χ2n) is 4.66. The Bertz CT molecular complexity index is 814. The fraction of sp³-hybridized carbons (Fsp3) is 0.200. The largest absolute Gasteiger partial charge is 0.493 e. The Hall–Kier alpha value is -2.22. The molecule has 0 spiro atoms. The van der Waals surface area contributed by atoms with Crippen LogP contribution in [0.5, 0.6) is 11.5 Å². The van der Waals surface area contributed by atoms with E-state index in [0.29, 0.717) is 6.07 Å². The Morgan fingerprint density at radius 1 is 1.00 bits per heavy atom. The van der Waals surface area contributed by atoms with E-state index in [2.05, 4.69) is 0 Å². The molecule has 124 valence electrons. The molecule has 0 bridgehead atoms. The molecule has 0 atom stereocenters. The Morgan fingerprint density at radius 3 is 2.17 bits per heavy atom. The van der Waals surface area contributed by atoms with E-state index in [9.17, 15) is 21.6 Å². The van der Waals surface area contributed by atoms with Gasteiger partial charge in [0.2, 0.25) is 0 Å². The Balaban J connectivity index is 2.45. The maximum atomic E-state index is 12.9. The first kappa shape index (κ1) is 17.1. The Morgan fingerprint density at radius 2 is 1.61 bits per heavy atom. The summed E-state index contributed by atoms with van der Waals surface area (Å²) in [6, 6.07) is 8.64. The highest BCUT2D eigenvalue weighted by Crippen LogP contribution is 2.34. The second kappa shape index (κ2) is 6.11. The van der Waals surface area contributed by atoms with E-state index in [1.807, 2.05) is 0 Å². The number of aryl methyl sites for hydroxylation is 1. The second-order valence-corrected chi connectivity index (χ2v) is 6.21. The van der Waals surface area contributed by atoms with Crippen LogP contribution in [0.15, 0.2) is 47.4 Å². The summed E-state index contributed by atoms with van der Waals surface area (Å²) in [5.74, 6) is 0.0448. The zero-order chi connectivity index (χ0) is 17.3. The minimum Gasteiger partial charge on any atom is -0.493 e. The van der Waals surface area contributed by atoms with E-state index < -0.39 is 26.8 Å². The van der Waals surface area contributed by atoms with Crippen LogP contribution in [0.25, 0.3) is 0 Å². The molecule has 2 aromatic carbocycles. The SMILES string of the molecule is COc1ccccc1OS(=O)(=O)c1ccc(C)c(C(F)(F)F)c1. The summed E-state index contributed by atoms with van der Waals surface area (Å²) in [7, 11) is -3.10. The third-order valence-corrected chi connectivity index (χ3v) is 4.30. The zero-order valence-electron chi connectivity index (χ0n) is 12.2. The van der Waals surface area contributed by atoms with Crippen LogP contribution in [-0.2, 0) is 16.3 Å². The standard InChI is InChI=1S/C15H13F3O4S/c1-10-7-8-11(9-12(10)15(16,17)18)23(19,20)22-14-6-4-3-5-13(14)21-2/h3-9H,1-2H3. The van der Waals surface area contributed by atoms with Crippen molar-refractivity contribution in [1.82, 2.24) is 0 Å². The molecule has 0 amide bonds. The third kappa shape index (κ3) is 3.76. The van der Waals surface area contributed by atoms with Crippen molar-refractivity contribution in [2.75, 3.05) is 7.11 Å². The molecule has 0 fully saturated rings. The van der Waals surface area contributed by atoms with Gasteiger partial charge in [0.1, 0.15) is 4.90 Å². The number of methoxy groups -OCH3 is 1. The van der Waals surface area contributed by atoms with Crippen molar-refractivity contribution in [3.8, 4) is 11.5 Å². The van der Waals surface area contributed by atoms with Crippen molar-refractivity contribution < 1.29 is 30.5 Å². The summed E-state index contributed by atoms with van der Waals surface area (Å²) in [6.07, 6.45) is -4.65. The van der Waals surface area contributed by atoms with Gasteiger partial charge in [-0.1, -0.05) is 18.2 Å². The number of benzene rings is 2. The fourth-order valence-electron chi connectivity index (χ4n) is 1.92. The maximum Gasteiger partial charge on any atom is 0.416 e. The normalized spacial score (nSPS) is 12.0. The van der Waals surface area contributed by atoms with Gasteiger partial charge >= 0.3 is 16.3 Å². The lowest BCUT2D eigenvalue weighted by molar-refractivity contribution is -0.138. The van der Waals surface area contributed by atoms with Crippen LogP contribution in [-0.4, -0.2) is 15.5 Å². The maximum absolute atomic E-state index is 12.9. The van der Waals surface area contributed by atoms with Crippen LogP contribution in [0, 0.1) is 6.92 Å². The average molecular weight is 346 g/mol. The molecule has 2 rings (SSSR count). The number of ether oxygens (including phenoxy) is 1. The van der Waals surface area contributed by atoms with E-state index in [1.54, 1.807) is 6.07 Å². The fourth-order valence-corrected chi connectivity index (χ4v) is 2.88. The van der Waals surface area contributed by atoms with Gasteiger partial charge in [-0.2, -0.15) is 21.6 Å². The van der Waals surface area contributed by atoms with E-state index >= 15 is 0 Å². The topological polar surface area (TPSA) is 52.6 Å². The number of rotatable bonds is 4. The third-order valence-electron chi connectivity index (χ3n) is 3.07. The van der Waals surface area contributed by atoms with Gasteiger partial charge in [0.15, 0.2) is 11.5 Å². The summed E-state index contributed by atoms with van der Waals surface area (Å²) in [5, 5.41) is 0. The molecule has 0 aliphatic rings. The lowest BCUT2D eigenvalue weighted by Gasteiger charge is -2.13. The summed E-state index contributed by atoms with van der Waals surface area (Å²) in [4.78, 5) is -0.582. The molecule has 8 heteroatoms. The number of hydrogen-bond acceptors (Lipinski definition) is 4. The van der Waals surface area contributed by atoms with Gasteiger partial charge < -0.3 is 8.92 Å². The quantitative estimate of drug-likeness (QED) is 0.791. The van der Waals surface area contributed by atoms with Crippen molar-refractivity contribution in [2.45, 2.75) is 18.0 Å². The van der Waals surface area contributed by atoms with Gasteiger partial charge in [-0.15, -0.1) is 0 Å². The van der Waals surface area contributed by atoms with Gasteiger partial charge in [-0.25, -0.2) is 0 Å². The van der Waals surface area contributed by atoms with E-state index in [1.165, 1.54) is 32.2 Å². The molecule has 0 N–H and O–H groups in total. The van der Waals surface area contributed by atoms with Crippen molar-refractivity contribution in [3.05, 3.63) is 53.6 Å². The molecule has 0 saturated heterocycles. The van der Waals surface area contributed by atoms with Crippen LogP contribution >= 0.6 is 0 Å². The highest BCUT2D eigenvalue weighted by Gasteiger charge is 2.34. The Kier molecular flexibility index (Phi) is 4.56. The molecule has 0 saturated carbocycles. The van der Waals surface area contributed by atoms with Gasteiger partial charge in [0.05, 0.1) is 12.7 Å². The predicted octanol–water partition coefficient (Wildman–Crippen LogP) is 3.79. The van der Waals surface area contributed by atoms with Gasteiger partial charge in [-0.3, -0.25) is 0 Å². The number of para-hydroxylation sites is 2. The van der Waals surface area contributed by atoms with Crippen LogP contribution in [0.4, 0.5) is 13.2 Å². The van der Waals surface area contributed by atoms with E-state index in [4.69, 9.17) is 8.92 Å². The summed E-state index contributed by atoms with van der Waals surface area (Å²) >= 11 is 0. The van der Waals surface area contributed by atoms with Gasteiger partial charge in [0.25, 0.3) is 0 Å². The molecule has 0 heterocycles. The molecular formula is C15H13F3O4S. The highest BCUT2D eigenvalue weighted by atomic mass is 32.2. The zero-order valence-corrected chi connectivity index (χ0v) is 13.0. The molecular weight excluding hydrogens is 333 g/mol. The van der Waals surface area contributed by atoms with Crippen molar-refractivity contribution in [2.24, 2.45) is 0 Å². The average Bonchev–Trinajstić information content (AvgIpc) is 2.46. The van der Waals surface area contributed by atoms with E-state index in [0.717, 1.165) is 12.1 Å². The van der Waals surface area contributed by atoms with Crippen molar-refractivity contribution >= 4 is 10.1 Å². The molecule has 4 nitrogen and oxygen atoms in total. The van der Waals surface area contributed by atoms with Crippen molar-refractivity contribution in [1.29, 1.82) is 0 Å². The monoisotopic (exact) mass is 346 g/mol. The van der Waals surface area contributed by atoms with E-state index in [-0.39, 0.29) is 17.1 Å². The van der Waals surface area contributed by atoms with Crippen LogP contribution in [0.3, 0.4) is 0 Å². The molecule has 0 aliphatic carbocycles. The lowest BCUT2D eigenvalue weighted by atomic mass is 10.1. The number of alkyl halides is 3. The number of hydrogen-bond donors (Lipinski definition) is 0. The van der Waals surface area contributed by atoms with Crippen molar-refractivity contribution in [3.63, 3.8) is 0 Å². The molecule has 2 aromatic rings. The molecule has 23 heavy (non-hydrogen) atoms. The first-order valence-electron chi connectivity index (χ1n) is 6.40. The highest BCUT2D eigenvalue weighted by molar-refractivity contribution is 7.87. The molecule has 0 radical (unpaired) electrons. The first-order chi connectivity index (χ1) is 10.6. The molecule has 0 aliphatic heterocycles. The molecule has 0 aromatic heterocycles. The smallest absolute Gasteiger partial charge is 0.416 e. The van der Waals surface area contributed by atoms with Gasteiger partial charge in [-0.05, 0) is 36.8 Å². The summed E-state index contributed by atoms with van der Waals surface area (Å²) in [6.45, 7) is 1.25. The summed E-state index contributed by atoms with van der Waals surface area (Å²) in [5.41, 5.74) is -1.10. The lowest BCUT2D eigenvalue weighted by Crippen LogP contribution is -2.13. The van der Waals surface area contributed by atoms with Crippen LogP contribution < -0.4 is 8.92 Å². The van der Waals surface area contributed by atoms with Crippen LogP contribution in [0.2, 0.25) is 0 Å². The van der Waals surface area contributed by atoms with Gasteiger partial charge in [0, 0.05) is 0 Å². The van der Waals surface area contributed by atoms with Crippen LogP contribution in [0.1, 0.15) is 11.1 Å². The first-order valence-corrected chi connectivity index (χ1v) is 7.81. The minimum absolute atomic E-state index is 0.0752. The Labute approximate surface area is 131 Å². The predicted molar refractivity (Wildman–Crippen MR) is 77.0 cm³/mol. The summed E-state index contributed by atoms with van der Waals surface area (Å²) < 4.78 is 73.0. The minimum atomic E-state index is -4.65.